The number of phenolic OH excluding ortho intramolecular Hbond substituents is 2. The number of aryl methyl sites for hydroxylation is 3. The molecule has 0 aliphatic rings. The Labute approximate surface area is 131 Å². The lowest BCUT2D eigenvalue weighted by atomic mass is 10.1. The van der Waals surface area contributed by atoms with Gasteiger partial charge in [-0.3, -0.25) is 0 Å². The third-order valence-corrected chi connectivity index (χ3v) is 6.20. The number of phenols is 2. The summed E-state index contributed by atoms with van der Waals surface area (Å²) >= 11 is 0. The fraction of sp³-hybridized carbons (Fsp3) is 0.294. The van der Waals surface area contributed by atoms with Crippen molar-refractivity contribution in [3.05, 3.63) is 46.0 Å². The highest BCUT2D eigenvalue weighted by Crippen LogP contribution is 2.37. The molecule has 0 aliphatic heterocycles. The molecule has 0 saturated carbocycles. The molecule has 0 radical (unpaired) electrons. The van der Waals surface area contributed by atoms with E-state index in [0.29, 0.717) is 16.7 Å². The van der Waals surface area contributed by atoms with Crippen molar-refractivity contribution < 1.29 is 18.6 Å². The van der Waals surface area contributed by atoms with Crippen LogP contribution in [0.4, 0.5) is 0 Å². The largest absolute Gasteiger partial charge is 0.508 e. The molecule has 0 saturated heterocycles. The second-order valence-electron chi connectivity index (χ2n) is 5.70. The Bertz CT molecular complexity index is 865. The van der Waals surface area contributed by atoms with Gasteiger partial charge < -0.3 is 10.2 Å². The maximum atomic E-state index is 13.0. The maximum Gasteiger partial charge on any atom is 0.210 e. The number of hydrogen-bond donors (Lipinski definition) is 2. The Balaban J connectivity index is 2.83. The van der Waals surface area contributed by atoms with Crippen LogP contribution in [0.5, 0.6) is 11.5 Å². The number of sulfone groups is 1. The predicted molar refractivity (Wildman–Crippen MR) is 85.4 cm³/mol. The zero-order valence-electron chi connectivity index (χ0n) is 13.4. The number of aromatic hydroxyl groups is 2. The van der Waals surface area contributed by atoms with Crippen molar-refractivity contribution >= 4 is 9.84 Å². The van der Waals surface area contributed by atoms with Crippen LogP contribution >= 0.6 is 0 Å². The highest BCUT2D eigenvalue weighted by atomic mass is 32.2. The van der Waals surface area contributed by atoms with Crippen LogP contribution in [0.25, 0.3) is 0 Å². The lowest BCUT2D eigenvalue weighted by molar-refractivity contribution is 0.458. The van der Waals surface area contributed by atoms with Crippen LogP contribution in [0.15, 0.2) is 28.0 Å². The highest BCUT2D eigenvalue weighted by molar-refractivity contribution is 7.91. The van der Waals surface area contributed by atoms with E-state index in [1.165, 1.54) is 18.2 Å². The molecule has 0 fully saturated rings. The molecule has 0 heterocycles. The quantitative estimate of drug-likeness (QED) is 0.888. The Morgan fingerprint density at radius 3 is 1.82 bits per heavy atom. The molecule has 0 atom stereocenters. The lowest BCUT2D eigenvalue weighted by Crippen LogP contribution is -2.08. The van der Waals surface area contributed by atoms with Crippen molar-refractivity contribution in [1.29, 1.82) is 0 Å². The first-order valence-electron chi connectivity index (χ1n) is 6.92. The van der Waals surface area contributed by atoms with Crippen LogP contribution in [0.2, 0.25) is 0 Å². The first kappa shape index (κ1) is 16.4. The SMILES string of the molecule is Cc1cc(O)c(S(=O)(=O)c2c(C)cc(O)c(C)c2C)cc1C. The lowest BCUT2D eigenvalue weighted by Gasteiger charge is -2.16. The van der Waals surface area contributed by atoms with E-state index in [-0.39, 0.29) is 21.3 Å². The number of hydrogen-bond acceptors (Lipinski definition) is 4. The molecule has 4 nitrogen and oxygen atoms in total. The third-order valence-electron chi connectivity index (χ3n) is 4.13. The van der Waals surface area contributed by atoms with E-state index in [4.69, 9.17) is 0 Å². The zero-order chi connectivity index (χ0) is 16.8. The standard InChI is InChI=1S/C17H20O4S/c1-9-6-15(19)16(8-10(9)2)22(20,21)17-11(3)7-14(18)12(4)13(17)5/h6-8,18-19H,1-5H3. The molecule has 22 heavy (non-hydrogen) atoms. The van der Waals surface area contributed by atoms with Gasteiger partial charge in [0.15, 0.2) is 0 Å². The molecule has 2 aromatic carbocycles. The second kappa shape index (κ2) is 5.32. The first-order valence-corrected chi connectivity index (χ1v) is 8.40. The van der Waals surface area contributed by atoms with Crippen molar-refractivity contribution in [1.82, 2.24) is 0 Å². The van der Waals surface area contributed by atoms with Crippen molar-refractivity contribution in [2.45, 2.75) is 44.4 Å². The summed E-state index contributed by atoms with van der Waals surface area (Å²) in [5.41, 5.74) is 3.09. The molecule has 2 N–H and O–H groups in total. The van der Waals surface area contributed by atoms with Crippen LogP contribution in [0.1, 0.15) is 27.8 Å². The minimum Gasteiger partial charge on any atom is -0.508 e. The zero-order valence-corrected chi connectivity index (χ0v) is 14.2. The van der Waals surface area contributed by atoms with Crippen LogP contribution < -0.4 is 0 Å². The van der Waals surface area contributed by atoms with E-state index in [1.54, 1.807) is 27.7 Å². The molecular formula is C17H20O4S. The van der Waals surface area contributed by atoms with Crippen molar-refractivity contribution in [3.63, 3.8) is 0 Å². The summed E-state index contributed by atoms with van der Waals surface area (Å²) in [7, 11) is -3.87. The second-order valence-corrected chi connectivity index (χ2v) is 7.55. The van der Waals surface area contributed by atoms with E-state index < -0.39 is 9.84 Å². The summed E-state index contributed by atoms with van der Waals surface area (Å²) in [5.74, 6) is -0.189. The molecule has 2 rings (SSSR count). The highest BCUT2D eigenvalue weighted by Gasteiger charge is 2.27. The van der Waals surface area contributed by atoms with E-state index in [1.807, 2.05) is 6.92 Å². The fourth-order valence-corrected chi connectivity index (χ4v) is 4.48. The molecule has 0 unspecified atom stereocenters. The first-order chi connectivity index (χ1) is 10.1. The van der Waals surface area contributed by atoms with E-state index in [0.717, 1.165) is 11.1 Å². The molecule has 0 amide bonds. The van der Waals surface area contributed by atoms with Gasteiger partial charge in [0.2, 0.25) is 9.84 Å². The molecular weight excluding hydrogens is 300 g/mol. The van der Waals surface area contributed by atoms with Gasteiger partial charge in [0.05, 0.1) is 4.90 Å². The van der Waals surface area contributed by atoms with Gasteiger partial charge in [-0.05, 0) is 80.6 Å². The normalized spacial score (nSPS) is 11.7. The molecule has 0 aromatic heterocycles. The summed E-state index contributed by atoms with van der Waals surface area (Å²) < 4.78 is 26.0. The van der Waals surface area contributed by atoms with Crippen molar-refractivity contribution in [2.75, 3.05) is 0 Å². The van der Waals surface area contributed by atoms with Crippen molar-refractivity contribution in [3.8, 4) is 11.5 Å². The monoisotopic (exact) mass is 320 g/mol. The Morgan fingerprint density at radius 1 is 0.727 bits per heavy atom. The van der Waals surface area contributed by atoms with E-state index in [9.17, 15) is 18.6 Å². The Morgan fingerprint density at radius 2 is 1.23 bits per heavy atom. The van der Waals surface area contributed by atoms with Crippen molar-refractivity contribution in [2.24, 2.45) is 0 Å². The van der Waals surface area contributed by atoms with E-state index >= 15 is 0 Å². The average Bonchev–Trinajstić information content (AvgIpc) is 2.39. The predicted octanol–water partition coefficient (Wildman–Crippen LogP) is 3.47. The van der Waals surface area contributed by atoms with Gasteiger partial charge in [-0.25, -0.2) is 8.42 Å². The molecule has 0 bridgehead atoms. The topological polar surface area (TPSA) is 74.6 Å². The Hall–Kier alpha value is -2.01. The van der Waals surface area contributed by atoms with Crippen LogP contribution in [0.3, 0.4) is 0 Å². The van der Waals surface area contributed by atoms with Gasteiger partial charge in [-0.2, -0.15) is 0 Å². The van der Waals surface area contributed by atoms with Gasteiger partial charge in [0.25, 0.3) is 0 Å². The minimum atomic E-state index is -3.87. The summed E-state index contributed by atoms with van der Waals surface area (Å²) in [6, 6.07) is 4.38. The fourth-order valence-electron chi connectivity index (χ4n) is 2.55. The van der Waals surface area contributed by atoms with E-state index in [2.05, 4.69) is 0 Å². The summed E-state index contributed by atoms with van der Waals surface area (Å²) in [4.78, 5) is 0.0354. The number of rotatable bonds is 2. The molecule has 2 aromatic rings. The minimum absolute atomic E-state index is 0.0678. The maximum absolute atomic E-state index is 13.0. The smallest absolute Gasteiger partial charge is 0.210 e. The van der Waals surface area contributed by atoms with Crippen LogP contribution in [-0.2, 0) is 9.84 Å². The molecule has 0 aliphatic carbocycles. The van der Waals surface area contributed by atoms with Gasteiger partial charge in [-0.15, -0.1) is 0 Å². The van der Waals surface area contributed by atoms with Gasteiger partial charge in [-0.1, -0.05) is 0 Å². The van der Waals surface area contributed by atoms with Crippen LogP contribution in [0, 0.1) is 34.6 Å². The molecule has 0 spiro atoms. The van der Waals surface area contributed by atoms with Gasteiger partial charge in [0, 0.05) is 0 Å². The van der Waals surface area contributed by atoms with Gasteiger partial charge >= 0.3 is 0 Å². The summed E-state index contributed by atoms with van der Waals surface area (Å²) in [6.45, 7) is 8.58. The summed E-state index contributed by atoms with van der Waals surface area (Å²) in [5, 5.41) is 19.9. The van der Waals surface area contributed by atoms with Gasteiger partial charge in [0.1, 0.15) is 16.4 Å². The van der Waals surface area contributed by atoms with Crippen LogP contribution in [-0.4, -0.2) is 18.6 Å². The third kappa shape index (κ3) is 2.46. The number of benzene rings is 2. The Kier molecular flexibility index (Phi) is 3.96. The summed E-state index contributed by atoms with van der Waals surface area (Å²) in [6.07, 6.45) is 0. The molecule has 118 valence electrons. The molecule has 5 heteroatoms. The average molecular weight is 320 g/mol.